The minimum Gasteiger partial charge on any atom is -0.508 e. The molecule has 1 fully saturated rings. The second kappa shape index (κ2) is 10.3. The van der Waals surface area contributed by atoms with E-state index < -0.39 is 98.7 Å². The van der Waals surface area contributed by atoms with E-state index in [1.165, 1.54) is 13.0 Å². The number of esters is 1. The first-order valence-corrected chi connectivity index (χ1v) is 12.3. The standard InChI is InChI=1S/C28H24O14/c1-9-21(35)27(42-28(39)11-5-16(33)22(36)17(34)6-11)24(38)26(40-9)20-23(37)19-15(32)7-12(29)8-18(19)41-25(20)10-2-3-13(30)14(31)4-10/h2-9,21,24,26-27,29-36,38H,1H3/t9-,21-,24+,26+,27+/m1/s1. The number of aliphatic hydroxyl groups is 2. The van der Waals surface area contributed by atoms with Crippen LogP contribution in [-0.2, 0) is 9.47 Å². The lowest BCUT2D eigenvalue weighted by molar-refractivity contribution is -0.220. The van der Waals surface area contributed by atoms with Crippen LogP contribution in [0, 0.1) is 0 Å². The van der Waals surface area contributed by atoms with E-state index in [0.717, 1.165) is 36.4 Å². The minimum atomic E-state index is -1.97. The summed E-state index contributed by atoms with van der Waals surface area (Å²) in [5, 5.41) is 91.0. The molecule has 0 saturated carbocycles. The molecule has 0 aliphatic carbocycles. The Labute approximate surface area is 234 Å². The molecular formula is C28H24O14. The van der Waals surface area contributed by atoms with E-state index in [1.807, 2.05) is 0 Å². The third-order valence-electron chi connectivity index (χ3n) is 6.89. The average molecular weight is 584 g/mol. The zero-order valence-electron chi connectivity index (χ0n) is 21.5. The summed E-state index contributed by atoms with van der Waals surface area (Å²) >= 11 is 0. The number of rotatable bonds is 4. The normalized spacial score (nSPS) is 22.2. The molecule has 9 N–H and O–H groups in total. The van der Waals surface area contributed by atoms with Crippen molar-refractivity contribution in [1.82, 2.24) is 0 Å². The Kier molecular flexibility index (Phi) is 6.98. The van der Waals surface area contributed by atoms with Crippen molar-refractivity contribution in [3.05, 3.63) is 63.8 Å². The third-order valence-corrected chi connectivity index (χ3v) is 6.89. The zero-order chi connectivity index (χ0) is 30.6. The van der Waals surface area contributed by atoms with Crippen molar-refractivity contribution < 1.29 is 64.6 Å². The maximum atomic E-state index is 13.8. The molecule has 220 valence electrons. The highest BCUT2D eigenvalue weighted by molar-refractivity contribution is 5.91. The number of phenolic OH excluding ortho intramolecular Hbond substituents is 7. The maximum Gasteiger partial charge on any atom is 0.338 e. The molecule has 5 rings (SSSR count). The Morgan fingerprint density at radius 3 is 2.12 bits per heavy atom. The first kappa shape index (κ1) is 28.4. The summed E-state index contributed by atoms with van der Waals surface area (Å²) in [4.78, 5) is 26.7. The summed E-state index contributed by atoms with van der Waals surface area (Å²) in [6, 6.07) is 6.88. The zero-order valence-corrected chi connectivity index (χ0v) is 21.5. The minimum absolute atomic E-state index is 0.000274. The molecular weight excluding hydrogens is 560 g/mol. The molecule has 0 unspecified atom stereocenters. The Morgan fingerprint density at radius 1 is 0.810 bits per heavy atom. The van der Waals surface area contributed by atoms with Crippen LogP contribution < -0.4 is 5.43 Å². The lowest BCUT2D eigenvalue weighted by Gasteiger charge is -2.41. The number of carbonyl (C=O) groups excluding carboxylic acids is 1. The highest BCUT2D eigenvalue weighted by Crippen LogP contribution is 2.42. The number of ether oxygens (including phenoxy) is 2. The maximum absolute atomic E-state index is 13.8. The Hall–Kier alpha value is -5.18. The molecule has 14 heteroatoms. The van der Waals surface area contributed by atoms with Gasteiger partial charge in [0.1, 0.15) is 46.5 Å². The van der Waals surface area contributed by atoms with Gasteiger partial charge in [0, 0.05) is 17.7 Å². The summed E-state index contributed by atoms with van der Waals surface area (Å²) in [7, 11) is 0. The van der Waals surface area contributed by atoms with Crippen LogP contribution in [0.2, 0.25) is 0 Å². The Bertz CT molecular complexity index is 1750. The number of hydrogen-bond acceptors (Lipinski definition) is 14. The second-order valence-corrected chi connectivity index (χ2v) is 9.69. The van der Waals surface area contributed by atoms with Crippen LogP contribution in [0.4, 0.5) is 0 Å². The van der Waals surface area contributed by atoms with Gasteiger partial charge in [0.15, 0.2) is 34.9 Å². The predicted octanol–water partition coefficient (Wildman–Crippen LogP) is 1.81. The molecule has 1 aliphatic heterocycles. The van der Waals surface area contributed by atoms with Crippen LogP contribution in [0.1, 0.15) is 28.9 Å². The number of hydrogen-bond donors (Lipinski definition) is 9. The Morgan fingerprint density at radius 2 is 1.48 bits per heavy atom. The second-order valence-electron chi connectivity index (χ2n) is 9.69. The predicted molar refractivity (Wildman–Crippen MR) is 141 cm³/mol. The van der Waals surface area contributed by atoms with E-state index in [2.05, 4.69) is 0 Å². The lowest BCUT2D eigenvalue weighted by Crippen LogP contribution is -2.55. The van der Waals surface area contributed by atoms with E-state index in [1.54, 1.807) is 0 Å². The number of fused-ring (bicyclic) bond motifs is 1. The van der Waals surface area contributed by atoms with Crippen molar-refractivity contribution in [2.75, 3.05) is 0 Å². The van der Waals surface area contributed by atoms with Crippen molar-refractivity contribution in [2.45, 2.75) is 37.4 Å². The molecule has 42 heavy (non-hydrogen) atoms. The van der Waals surface area contributed by atoms with Crippen LogP contribution in [0.5, 0.6) is 40.2 Å². The number of carbonyl (C=O) groups is 1. The number of phenols is 7. The van der Waals surface area contributed by atoms with Gasteiger partial charge >= 0.3 is 5.97 Å². The first-order valence-electron chi connectivity index (χ1n) is 12.3. The van der Waals surface area contributed by atoms with Crippen molar-refractivity contribution in [3.63, 3.8) is 0 Å². The summed E-state index contributed by atoms with van der Waals surface area (Å²) in [6.07, 6.45) is -8.28. The first-order chi connectivity index (χ1) is 19.8. The van der Waals surface area contributed by atoms with Crippen LogP contribution in [-0.4, -0.2) is 76.3 Å². The van der Waals surface area contributed by atoms with Crippen LogP contribution in [0.25, 0.3) is 22.3 Å². The smallest absolute Gasteiger partial charge is 0.338 e. The SMILES string of the molecule is C[C@H]1O[C@@H](c2c(-c3ccc(O)c(O)c3)oc3cc(O)cc(O)c3c2=O)[C@H](O)[C@@H](OC(=O)c2cc(O)c(O)c(O)c2)[C@@H]1O. The summed E-state index contributed by atoms with van der Waals surface area (Å²) in [5.74, 6) is -6.35. The fraction of sp³-hybridized carbons (Fsp3) is 0.214. The van der Waals surface area contributed by atoms with Gasteiger partial charge in [-0.3, -0.25) is 4.79 Å². The van der Waals surface area contributed by atoms with Gasteiger partial charge in [-0.05, 0) is 37.3 Å². The highest BCUT2D eigenvalue weighted by atomic mass is 16.6. The van der Waals surface area contributed by atoms with Gasteiger partial charge in [0.05, 0.1) is 17.2 Å². The van der Waals surface area contributed by atoms with Gasteiger partial charge in [-0.2, -0.15) is 0 Å². The van der Waals surface area contributed by atoms with Crippen LogP contribution >= 0.6 is 0 Å². The number of aromatic hydroxyl groups is 7. The summed E-state index contributed by atoms with van der Waals surface area (Å²) in [6.45, 7) is 1.35. The molecule has 14 nitrogen and oxygen atoms in total. The van der Waals surface area contributed by atoms with Crippen molar-refractivity contribution in [1.29, 1.82) is 0 Å². The van der Waals surface area contributed by atoms with Gasteiger partial charge in [-0.1, -0.05) is 0 Å². The van der Waals surface area contributed by atoms with E-state index >= 15 is 0 Å². The third kappa shape index (κ3) is 4.72. The fourth-order valence-corrected chi connectivity index (χ4v) is 4.76. The number of aliphatic hydroxyl groups excluding tert-OH is 2. The molecule has 0 amide bonds. The number of benzene rings is 3. The average Bonchev–Trinajstić information content (AvgIpc) is 2.92. The molecule has 5 atom stereocenters. The quantitative estimate of drug-likeness (QED) is 0.123. The molecule has 0 spiro atoms. The molecule has 4 aromatic rings. The van der Waals surface area contributed by atoms with E-state index in [4.69, 9.17) is 13.9 Å². The molecule has 1 saturated heterocycles. The van der Waals surface area contributed by atoms with Crippen LogP contribution in [0.3, 0.4) is 0 Å². The molecule has 0 radical (unpaired) electrons. The van der Waals surface area contributed by atoms with Gasteiger partial charge in [0.2, 0.25) is 5.43 Å². The fourth-order valence-electron chi connectivity index (χ4n) is 4.76. The van der Waals surface area contributed by atoms with Gasteiger partial charge in [-0.25, -0.2) is 4.79 Å². The van der Waals surface area contributed by atoms with Crippen molar-refractivity contribution in [3.8, 4) is 51.6 Å². The molecule has 1 aromatic heterocycles. The monoisotopic (exact) mass is 584 g/mol. The van der Waals surface area contributed by atoms with E-state index in [9.17, 15) is 55.5 Å². The van der Waals surface area contributed by atoms with Crippen LogP contribution in [0.15, 0.2) is 51.7 Å². The van der Waals surface area contributed by atoms with E-state index in [0.29, 0.717) is 0 Å². The topological polar surface area (TPSA) is 248 Å². The summed E-state index contributed by atoms with van der Waals surface area (Å²) in [5.41, 5.74) is -2.10. The largest absolute Gasteiger partial charge is 0.508 e. The van der Waals surface area contributed by atoms with Gasteiger partial charge in [0.25, 0.3) is 0 Å². The van der Waals surface area contributed by atoms with E-state index in [-0.39, 0.29) is 16.9 Å². The van der Waals surface area contributed by atoms with Gasteiger partial charge < -0.3 is 59.8 Å². The molecule has 0 bridgehead atoms. The summed E-state index contributed by atoms with van der Waals surface area (Å²) < 4.78 is 16.9. The van der Waals surface area contributed by atoms with Crippen molar-refractivity contribution >= 4 is 16.9 Å². The van der Waals surface area contributed by atoms with Crippen molar-refractivity contribution in [2.24, 2.45) is 0 Å². The molecule has 1 aliphatic rings. The molecule has 2 heterocycles. The molecule has 3 aromatic carbocycles. The van der Waals surface area contributed by atoms with Gasteiger partial charge in [-0.15, -0.1) is 0 Å². The lowest BCUT2D eigenvalue weighted by atomic mass is 9.89. The highest BCUT2D eigenvalue weighted by Gasteiger charge is 2.48. The Balaban J connectivity index is 1.65.